The molecule has 19 heavy (non-hydrogen) atoms. The molecule has 0 aliphatic rings. The summed E-state index contributed by atoms with van der Waals surface area (Å²) in [5.74, 6) is -0.196. The lowest BCUT2D eigenvalue weighted by molar-refractivity contribution is 0.589. The second kappa shape index (κ2) is 5.98. The fourth-order valence-corrected chi connectivity index (χ4v) is 2.06. The number of hydrogen-bond acceptors (Lipinski definition) is 1. The molecule has 0 aliphatic heterocycles. The molecule has 1 N–H and O–H groups in total. The van der Waals surface area contributed by atoms with Crippen molar-refractivity contribution in [3.8, 4) is 11.1 Å². The van der Waals surface area contributed by atoms with Gasteiger partial charge in [0.05, 0.1) is 0 Å². The molecule has 0 aromatic heterocycles. The summed E-state index contributed by atoms with van der Waals surface area (Å²) in [5, 5.41) is 3.43. The van der Waals surface area contributed by atoms with E-state index in [1.807, 2.05) is 12.1 Å². The van der Waals surface area contributed by atoms with Gasteiger partial charge < -0.3 is 5.32 Å². The number of benzene rings is 2. The minimum atomic E-state index is -0.196. The van der Waals surface area contributed by atoms with Crippen molar-refractivity contribution in [1.29, 1.82) is 0 Å². The third-order valence-corrected chi connectivity index (χ3v) is 3.12. The molecule has 100 valence electrons. The van der Waals surface area contributed by atoms with Crippen molar-refractivity contribution in [2.24, 2.45) is 0 Å². The lowest BCUT2D eigenvalue weighted by Crippen LogP contribution is -2.22. The second-order valence-corrected chi connectivity index (χ2v) is 5.20. The minimum Gasteiger partial charge on any atom is -0.310 e. The molecule has 2 aromatic rings. The quantitative estimate of drug-likeness (QED) is 0.861. The van der Waals surface area contributed by atoms with Crippen LogP contribution in [0, 0.1) is 12.7 Å². The Labute approximate surface area is 114 Å². The van der Waals surface area contributed by atoms with Crippen molar-refractivity contribution in [1.82, 2.24) is 5.32 Å². The molecule has 2 aromatic carbocycles. The van der Waals surface area contributed by atoms with E-state index in [0.29, 0.717) is 6.04 Å². The number of rotatable bonds is 4. The molecule has 0 unspecified atom stereocenters. The molecular formula is C17H20FN. The highest BCUT2D eigenvalue weighted by Gasteiger charge is 2.06. The molecule has 0 fully saturated rings. The van der Waals surface area contributed by atoms with Crippen LogP contribution in [0.4, 0.5) is 4.39 Å². The van der Waals surface area contributed by atoms with E-state index in [9.17, 15) is 4.39 Å². The molecule has 0 heterocycles. The molecule has 0 aliphatic carbocycles. The Morgan fingerprint density at radius 2 is 1.74 bits per heavy atom. The zero-order valence-electron chi connectivity index (χ0n) is 11.7. The molecule has 0 saturated heterocycles. The molecule has 2 heteroatoms. The summed E-state index contributed by atoms with van der Waals surface area (Å²) in [5.41, 5.74) is 4.69. The summed E-state index contributed by atoms with van der Waals surface area (Å²) in [4.78, 5) is 0. The predicted molar refractivity (Wildman–Crippen MR) is 78.5 cm³/mol. The maximum absolute atomic E-state index is 13.0. The summed E-state index contributed by atoms with van der Waals surface area (Å²) < 4.78 is 13.0. The molecule has 2 rings (SSSR count). The van der Waals surface area contributed by atoms with Crippen LogP contribution in [-0.4, -0.2) is 6.04 Å². The van der Waals surface area contributed by atoms with Crippen molar-refractivity contribution >= 4 is 0 Å². The maximum atomic E-state index is 13.0. The molecule has 0 saturated carbocycles. The summed E-state index contributed by atoms with van der Waals surface area (Å²) in [6.45, 7) is 7.16. The zero-order chi connectivity index (χ0) is 13.8. The highest BCUT2D eigenvalue weighted by Crippen LogP contribution is 2.25. The Hall–Kier alpha value is -1.67. The van der Waals surface area contributed by atoms with Crippen LogP contribution in [0.15, 0.2) is 42.5 Å². The standard InChI is InChI=1S/C17H20FN/c1-12(2)19-11-15-5-4-13(3)10-17(15)14-6-8-16(18)9-7-14/h4-10,12,19H,11H2,1-3H3. The first kappa shape index (κ1) is 13.8. The number of aryl methyl sites for hydroxylation is 1. The number of hydrogen-bond donors (Lipinski definition) is 1. The first-order valence-corrected chi connectivity index (χ1v) is 6.65. The highest BCUT2D eigenvalue weighted by molar-refractivity contribution is 5.68. The van der Waals surface area contributed by atoms with Crippen molar-refractivity contribution in [2.45, 2.75) is 33.4 Å². The van der Waals surface area contributed by atoms with Crippen LogP contribution in [0.2, 0.25) is 0 Å². The molecular weight excluding hydrogens is 237 g/mol. The van der Waals surface area contributed by atoms with E-state index in [0.717, 1.165) is 12.1 Å². The Bertz CT molecular complexity index is 544. The van der Waals surface area contributed by atoms with Crippen molar-refractivity contribution in [3.63, 3.8) is 0 Å². The third kappa shape index (κ3) is 3.65. The first-order valence-electron chi connectivity index (χ1n) is 6.65. The second-order valence-electron chi connectivity index (χ2n) is 5.20. The summed E-state index contributed by atoms with van der Waals surface area (Å²) in [6, 6.07) is 13.6. The van der Waals surface area contributed by atoms with Crippen LogP contribution in [0.5, 0.6) is 0 Å². The fourth-order valence-electron chi connectivity index (χ4n) is 2.06. The SMILES string of the molecule is Cc1ccc(CNC(C)C)c(-c2ccc(F)cc2)c1. The van der Waals surface area contributed by atoms with Gasteiger partial charge in [0.25, 0.3) is 0 Å². The first-order chi connectivity index (χ1) is 9.06. The van der Waals surface area contributed by atoms with Gasteiger partial charge in [0, 0.05) is 12.6 Å². The van der Waals surface area contributed by atoms with Crippen LogP contribution >= 0.6 is 0 Å². The average Bonchev–Trinajstić information content (AvgIpc) is 2.38. The van der Waals surface area contributed by atoms with Crippen LogP contribution in [-0.2, 0) is 6.54 Å². The van der Waals surface area contributed by atoms with Crippen molar-refractivity contribution in [3.05, 3.63) is 59.4 Å². The minimum absolute atomic E-state index is 0.196. The summed E-state index contributed by atoms with van der Waals surface area (Å²) in [7, 11) is 0. The molecule has 0 amide bonds. The monoisotopic (exact) mass is 257 g/mol. The van der Waals surface area contributed by atoms with Gasteiger partial charge in [-0.1, -0.05) is 49.7 Å². The van der Waals surface area contributed by atoms with Gasteiger partial charge in [-0.25, -0.2) is 4.39 Å². The summed E-state index contributed by atoms with van der Waals surface area (Å²) in [6.07, 6.45) is 0. The Balaban J connectivity index is 2.36. The summed E-state index contributed by atoms with van der Waals surface area (Å²) >= 11 is 0. The third-order valence-electron chi connectivity index (χ3n) is 3.12. The van der Waals surface area contributed by atoms with Gasteiger partial charge in [-0.15, -0.1) is 0 Å². The predicted octanol–water partition coefficient (Wildman–Crippen LogP) is 4.30. The van der Waals surface area contributed by atoms with Gasteiger partial charge in [0.2, 0.25) is 0 Å². The zero-order valence-corrected chi connectivity index (χ0v) is 11.7. The highest BCUT2D eigenvalue weighted by atomic mass is 19.1. The molecule has 1 nitrogen and oxygen atoms in total. The largest absolute Gasteiger partial charge is 0.310 e. The van der Waals surface area contributed by atoms with Gasteiger partial charge in [0.15, 0.2) is 0 Å². The Morgan fingerprint density at radius 1 is 1.05 bits per heavy atom. The molecule has 0 spiro atoms. The Morgan fingerprint density at radius 3 is 2.37 bits per heavy atom. The van der Waals surface area contributed by atoms with Gasteiger partial charge in [-0.3, -0.25) is 0 Å². The number of nitrogens with one attached hydrogen (secondary N) is 1. The molecule has 0 atom stereocenters. The van der Waals surface area contributed by atoms with Gasteiger partial charge >= 0.3 is 0 Å². The van der Waals surface area contributed by atoms with Gasteiger partial charge in [0.1, 0.15) is 5.82 Å². The lowest BCUT2D eigenvalue weighted by Gasteiger charge is -2.14. The number of halogens is 1. The fraction of sp³-hybridized carbons (Fsp3) is 0.294. The van der Waals surface area contributed by atoms with E-state index in [4.69, 9.17) is 0 Å². The normalized spacial score (nSPS) is 11.0. The van der Waals surface area contributed by atoms with E-state index in [2.05, 4.69) is 44.3 Å². The molecule has 0 bridgehead atoms. The van der Waals surface area contributed by atoms with Gasteiger partial charge in [-0.05, 0) is 35.7 Å². The van der Waals surface area contributed by atoms with Crippen molar-refractivity contribution < 1.29 is 4.39 Å². The van der Waals surface area contributed by atoms with E-state index < -0.39 is 0 Å². The van der Waals surface area contributed by atoms with Crippen LogP contribution in [0.25, 0.3) is 11.1 Å². The van der Waals surface area contributed by atoms with E-state index in [-0.39, 0.29) is 5.82 Å². The molecule has 0 radical (unpaired) electrons. The lowest BCUT2D eigenvalue weighted by atomic mass is 9.97. The van der Waals surface area contributed by atoms with E-state index in [1.54, 1.807) is 0 Å². The van der Waals surface area contributed by atoms with Crippen molar-refractivity contribution in [2.75, 3.05) is 0 Å². The van der Waals surface area contributed by atoms with E-state index >= 15 is 0 Å². The van der Waals surface area contributed by atoms with E-state index in [1.165, 1.54) is 28.8 Å². The van der Waals surface area contributed by atoms with Crippen LogP contribution in [0.1, 0.15) is 25.0 Å². The Kier molecular flexibility index (Phi) is 4.33. The maximum Gasteiger partial charge on any atom is 0.123 e. The smallest absolute Gasteiger partial charge is 0.123 e. The van der Waals surface area contributed by atoms with Crippen LogP contribution < -0.4 is 5.32 Å². The van der Waals surface area contributed by atoms with Crippen LogP contribution in [0.3, 0.4) is 0 Å². The van der Waals surface area contributed by atoms with Gasteiger partial charge in [-0.2, -0.15) is 0 Å². The topological polar surface area (TPSA) is 12.0 Å². The average molecular weight is 257 g/mol.